The molecule has 0 aliphatic heterocycles. The van der Waals surface area contributed by atoms with Crippen LogP contribution in [0.25, 0.3) is 0 Å². The summed E-state index contributed by atoms with van der Waals surface area (Å²) in [5.41, 5.74) is 1.17. The van der Waals surface area contributed by atoms with Crippen LogP contribution < -0.4 is 10.6 Å². The molecule has 1 rings (SSSR count). The Kier molecular flexibility index (Phi) is 11.3. The molecular formula is C22H39FN4O2S. The van der Waals surface area contributed by atoms with E-state index in [9.17, 15) is 12.8 Å². The van der Waals surface area contributed by atoms with Crippen LogP contribution in [0.4, 0.5) is 4.39 Å². The second-order valence-electron chi connectivity index (χ2n) is 8.06. The molecule has 0 aliphatic rings. The van der Waals surface area contributed by atoms with E-state index in [-0.39, 0.29) is 12.3 Å². The van der Waals surface area contributed by atoms with Gasteiger partial charge in [0.2, 0.25) is 0 Å². The number of hydrogen-bond donors (Lipinski definition) is 2. The molecule has 8 heteroatoms. The predicted molar refractivity (Wildman–Crippen MR) is 124 cm³/mol. The van der Waals surface area contributed by atoms with Gasteiger partial charge in [0.05, 0.1) is 12.3 Å². The highest BCUT2D eigenvalue weighted by Crippen LogP contribution is 2.16. The molecule has 1 aromatic rings. The maximum Gasteiger partial charge on any atom is 0.191 e. The first-order valence-electron chi connectivity index (χ1n) is 10.8. The van der Waals surface area contributed by atoms with Gasteiger partial charge in [-0.25, -0.2) is 17.8 Å². The first-order valence-corrected chi connectivity index (χ1v) is 12.9. The van der Waals surface area contributed by atoms with E-state index in [0.29, 0.717) is 35.6 Å². The topological polar surface area (TPSA) is 73.8 Å². The molecule has 2 N–H and O–H groups in total. The molecule has 6 nitrogen and oxygen atoms in total. The summed E-state index contributed by atoms with van der Waals surface area (Å²) in [6.45, 7) is 14.4. The summed E-state index contributed by atoms with van der Waals surface area (Å²) in [5, 5.41) is 6.64. The van der Waals surface area contributed by atoms with Crippen molar-refractivity contribution in [1.29, 1.82) is 0 Å². The molecular weight excluding hydrogens is 403 g/mol. The summed E-state index contributed by atoms with van der Waals surface area (Å²) in [6.07, 6.45) is 2.26. The first kappa shape index (κ1) is 26.4. The SMILES string of the molecule is CCNC(=NCc1cc(F)ccc1CS(C)(=O)=O)NCC(CC(C)C)N(CC)CC. The van der Waals surface area contributed by atoms with Gasteiger partial charge in [-0.3, -0.25) is 4.90 Å². The van der Waals surface area contributed by atoms with Gasteiger partial charge in [-0.15, -0.1) is 0 Å². The molecule has 1 aromatic carbocycles. The van der Waals surface area contributed by atoms with Gasteiger partial charge < -0.3 is 10.6 Å². The second-order valence-corrected chi connectivity index (χ2v) is 10.2. The molecule has 0 amide bonds. The van der Waals surface area contributed by atoms with E-state index in [1.165, 1.54) is 24.5 Å². The molecule has 172 valence electrons. The summed E-state index contributed by atoms with van der Waals surface area (Å²) in [4.78, 5) is 7.03. The largest absolute Gasteiger partial charge is 0.357 e. The van der Waals surface area contributed by atoms with Crippen molar-refractivity contribution < 1.29 is 12.8 Å². The average Bonchev–Trinajstić information content (AvgIpc) is 2.65. The molecule has 1 atom stereocenters. The number of nitrogens with zero attached hydrogens (tertiary/aromatic N) is 2. The standard InChI is InChI=1S/C22H39FN4O2S/c1-7-24-22(26-15-21(12-17(4)5)27(8-2)9-3)25-14-19-13-20(23)11-10-18(19)16-30(6,28)29/h10-11,13,17,21H,7-9,12,14-16H2,1-6H3,(H2,24,25,26). The van der Waals surface area contributed by atoms with Crippen molar-refractivity contribution >= 4 is 15.8 Å². The molecule has 30 heavy (non-hydrogen) atoms. The van der Waals surface area contributed by atoms with Crippen molar-refractivity contribution in [3.05, 3.63) is 35.1 Å². The van der Waals surface area contributed by atoms with Gasteiger partial charge in [0.1, 0.15) is 5.82 Å². The third kappa shape index (κ3) is 9.89. The molecule has 0 spiro atoms. The maximum absolute atomic E-state index is 13.8. The number of rotatable bonds is 12. The Morgan fingerprint density at radius 1 is 1.13 bits per heavy atom. The van der Waals surface area contributed by atoms with Crippen LogP contribution in [0.15, 0.2) is 23.2 Å². The number of benzene rings is 1. The number of aliphatic imine (C=N–C) groups is 1. The van der Waals surface area contributed by atoms with Crippen LogP contribution >= 0.6 is 0 Å². The Morgan fingerprint density at radius 3 is 2.33 bits per heavy atom. The van der Waals surface area contributed by atoms with Crippen molar-refractivity contribution in [3.8, 4) is 0 Å². The van der Waals surface area contributed by atoms with Gasteiger partial charge in [0.15, 0.2) is 15.8 Å². The fourth-order valence-electron chi connectivity index (χ4n) is 3.53. The lowest BCUT2D eigenvalue weighted by atomic mass is 10.0. The average molecular weight is 443 g/mol. The Bertz CT molecular complexity index is 777. The van der Waals surface area contributed by atoms with E-state index in [4.69, 9.17) is 0 Å². The summed E-state index contributed by atoms with van der Waals surface area (Å²) in [5.74, 6) is 0.713. The monoisotopic (exact) mass is 442 g/mol. The predicted octanol–water partition coefficient (Wildman–Crippen LogP) is 3.18. The number of halogens is 1. The first-order chi connectivity index (χ1) is 14.1. The fraction of sp³-hybridized carbons (Fsp3) is 0.682. The van der Waals surface area contributed by atoms with Crippen LogP contribution in [0.5, 0.6) is 0 Å². The minimum Gasteiger partial charge on any atom is -0.357 e. The Balaban J connectivity index is 2.98. The van der Waals surface area contributed by atoms with Gasteiger partial charge >= 0.3 is 0 Å². The highest BCUT2D eigenvalue weighted by Gasteiger charge is 2.17. The van der Waals surface area contributed by atoms with E-state index in [1.807, 2.05) is 6.92 Å². The van der Waals surface area contributed by atoms with E-state index in [1.54, 1.807) is 0 Å². The minimum atomic E-state index is -3.22. The van der Waals surface area contributed by atoms with E-state index in [0.717, 1.165) is 26.1 Å². The van der Waals surface area contributed by atoms with Crippen molar-refractivity contribution in [2.45, 2.75) is 59.4 Å². The number of nitrogens with one attached hydrogen (secondary N) is 2. The smallest absolute Gasteiger partial charge is 0.191 e. The van der Waals surface area contributed by atoms with Gasteiger partial charge in [0.25, 0.3) is 0 Å². The van der Waals surface area contributed by atoms with Crippen molar-refractivity contribution in [2.75, 3.05) is 32.4 Å². The van der Waals surface area contributed by atoms with Crippen molar-refractivity contribution in [2.24, 2.45) is 10.9 Å². The molecule has 0 radical (unpaired) electrons. The van der Waals surface area contributed by atoms with Crippen LogP contribution in [0, 0.1) is 11.7 Å². The van der Waals surface area contributed by atoms with Crippen LogP contribution in [-0.2, 0) is 22.1 Å². The molecule has 1 unspecified atom stereocenters. The highest BCUT2D eigenvalue weighted by molar-refractivity contribution is 7.89. The zero-order valence-electron chi connectivity index (χ0n) is 19.3. The van der Waals surface area contributed by atoms with E-state index >= 15 is 0 Å². The number of sulfone groups is 1. The zero-order chi connectivity index (χ0) is 22.7. The fourth-order valence-corrected chi connectivity index (χ4v) is 4.38. The minimum absolute atomic E-state index is 0.124. The van der Waals surface area contributed by atoms with E-state index in [2.05, 4.69) is 48.2 Å². The van der Waals surface area contributed by atoms with Crippen molar-refractivity contribution in [3.63, 3.8) is 0 Å². The second kappa shape index (κ2) is 12.9. The molecule has 0 aliphatic carbocycles. The Hall–Kier alpha value is -1.67. The van der Waals surface area contributed by atoms with Gasteiger partial charge in [-0.2, -0.15) is 0 Å². The number of guanidine groups is 1. The zero-order valence-corrected chi connectivity index (χ0v) is 20.2. The van der Waals surface area contributed by atoms with Gasteiger partial charge in [0, 0.05) is 25.4 Å². The normalized spacial score (nSPS) is 13.7. The van der Waals surface area contributed by atoms with Crippen LogP contribution in [-0.4, -0.2) is 57.8 Å². The quantitative estimate of drug-likeness (QED) is 0.384. The maximum atomic E-state index is 13.8. The van der Waals surface area contributed by atoms with Gasteiger partial charge in [-0.1, -0.05) is 33.8 Å². The molecule has 0 fully saturated rings. The molecule has 0 saturated heterocycles. The summed E-state index contributed by atoms with van der Waals surface area (Å²) < 4.78 is 37.2. The molecule has 0 bridgehead atoms. The summed E-state index contributed by atoms with van der Waals surface area (Å²) in [6, 6.07) is 4.57. The lowest BCUT2D eigenvalue weighted by Crippen LogP contribution is -2.47. The third-order valence-corrected chi connectivity index (χ3v) is 5.75. The van der Waals surface area contributed by atoms with Crippen LogP contribution in [0.1, 0.15) is 52.2 Å². The lowest BCUT2D eigenvalue weighted by molar-refractivity contribution is 0.191. The Labute approximate surface area is 182 Å². The van der Waals surface area contributed by atoms with Crippen LogP contribution in [0.2, 0.25) is 0 Å². The number of likely N-dealkylation sites (N-methyl/N-ethyl adjacent to an activating group) is 1. The van der Waals surface area contributed by atoms with E-state index < -0.39 is 15.7 Å². The molecule has 0 heterocycles. The summed E-state index contributed by atoms with van der Waals surface area (Å²) >= 11 is 0. The van der Waals surface area contributed by atoms with Gasteiger partial charge in [-0.05, 0) is 55.6 Å². The molecule has 0 aromatic heterocycles. The Morgan fingerprint density at radius 2 is 1.80 bits per heavy atom. The summed E-state index contributed by atoms with van der Waals surface area (Å²) in [7, 11) is -3.22. The third-order valence-electron chi connectivity index (χ3n) is 4.92. The highest BCUT2D eigenvalue weighted by atomic mass is 32.2. The van der Waals surface area contributed by atoms with Crippen molar-refractivity contribution in [1.82, 2.24) is 15.5 Å². The molecule has 0 saturated carbocycles. The number of hydrogen-bond acceptors (Lipinski definition) is 4. The lowest BCUT2D eigenvalue weighted by Gasteiger charge is -2.31. The van der Waals surface area contributed by atoms with Crippen LogP contribution in [0.3, 0.4) is 0 Å².